The number of alkyl halides is 3. The van der Waals surface area contributed by atoms with Crippen LogP contribution >= 0.6 is 23.3 Å². The Hall–Kier alpha value is -4.46. The zero-order valence-corrected chi connectivity index (χ0v) is 21.5. The van der Waals surface area contributed by atoms with Gasteiger partial charge in [-0.3, -0.25) is 14.5 Å². The maximum atomic E-state index is 13.0. The number of amides is 2. The molecule has 2 aliphatic heterocycles. The number of nitrogen functional groups attached to an aromatic ring is 2. The zero-order valence-electron chi connectivity index (χ0n) is 19.9. The summed E-state index contributed by atoms with van der Waals surface area (Å²) >= 11 is 1.82. The van der Waals surface area contributed by atoms with Gasteiger partial charge in [0.1, 0.15) is 18.0 Å². The molecule has 2 atom stereocenters. The number of hydrogen-bond donors (Lipinski definition) is 3. The van der Waals surface area contributed by atoms with Gasteiger partial charge in [0.2, 0.25) is 18.1 Å². The highest BCUT2D eigenvalue weighted by molar-refractivity contribution is 8.00. The predicted octanol–water partition coefficient (Wildman–Crippen LogP) is -1.98. The van der Waals surface area contributed by atoms with Gasteiger partial charge in [0.05, 0.1) is 17.9 Å². The third-order valence-corrected chi connectivity index (χ3v) is 7.58. The molecule has 0 saturated carbocycles. The Morgan fingerprint density at radius 3 is 2.80 bits per heavy atom. The number of carboxylic acids is 1. The number of hydrogen-bond acceptors (Lipinski definition) is 13. The molecular formula is C20H17F3N10O5S2. The van der Waals surface area contributed by atoms with Gasteiger partial charge in [0.25, 0.3) is 17.6 Å². The number of halogens is 3. The van der Waals surface area contributed by atoms with E-state index >= 15 is 0 Å². The quantitative estimate of drug-likeness (QED) is 0.112. The lowest BCUT2D eigenvalue weighted by atomic mass is 10.0. The molecule has 0 spiro atoms. The number of carbonyl (C=O) groups is 3. The lowest BCUT2D eigenvalue weighted by Crippen LogP contribution is -2.71. The van der Waals surface area contributed by atoms with Crippen molar-refractivity contribution in [1.82, 2.24) is 29.2 Å². The highest BCUT2D eigenvalue weighted by Crippen LogP contribution is 2.40. The summed E-state index contributed by atoms with van der Waals surface area (Å²) in [5.74, 6) is -3.46. The van der Waals surface area contributed by atoms with E-state index in [1.807, 2.05) is 0 Å². The molecule has 210 valence electrons. The number of β-lactam (4-membered cyclic amide) rings is 1. The minimum atomic E-state index is -4.73. The van der Waals surface area contributed by atoms with Gasteiger partial charge in [-0.2, -0.15) is 22.5 Å². The first-order chi connectivity index (χ1) is 18.9. The average Bonchev–Trinajstić information content (AvgIpc) is 3.46. The van der Waals surface area contributed by atoms with Crippen molar-refractivity contribution < 1.29 is 42.1 Å². The van der Waals surface area contributed by atoms with Gasteiger partial charge in [0, 0.05) is 28.9 Å². The van der Waals surface area contributed by atoms with E-state index in [-0.39, 0.29) is 23.1 Å². The third kappa shape index (κ3) is 5.09. The number of nitrogens with one attached hydrogen (secondary N) is 1. The fourth-order valence-electron chi connectivity index (χ4n) is 4.08. The van der Waals surface area contributed by atoms with Crippen molar-refractivity contribution in [2.24, 2.45) is 5.16 Å². The Bertz CT molecular complexity index is 1590. The highest BCUT2D eigenvalue weighted by Gasteiger charge is 2.53. The van der Waals surface area contributed by atoms with E-state index < -0.39 is 53.5 Å². The topological polar surface area (TPSA) is 210 Å². The van der Waals surface area contributed by atoms with Crippen molar-refractivity contribution in [2.45, 2.75) is 24.1 Å². The van der Waals surface area contributed by atoms with Crippen LogP contribution in [0.5, 0.6) is 0 Å². The van der Waals surface area contributed by atoms with Gasteiger partial charge in [-0.15, -0.1) is 11.8 Å². The number of imidazole rings is 1. The normalized spacial score (nSPS) is 19.4. The molecule has 0 bridgehead atoms. The summed E-state index contributed by atoms with van der Waals surface area (Å²) in [4.78, 5) is 47.0. The van der Waals surface area contributed by atoms with Gasteiger partial charge in [0.15, 0.2) is 11.3 Å². The number of nitrogens with two attached hydrogens (primary N) is 2. The number of carbonyl (C=O) groups excluding carboxylic acids is 3. The Labute approximate surface area is 229 Å². The number of nitrogens with zero attached hydrogens (tertiary/aromatic N) is 7. The maximum Gasteiger partial charge on any atom is 0.425 e. The average molecular weight is 599 g/mol. The number of rotatable bonds is 8. The molecule has 40 heavy (non-hydrogen) atoms. The van der Waals surface area contributed by atoms with Gasteiger partial charge in [-0.05, 0) is 6.07 Å². The molecule has 1 saturated heterocycles. The number of carboxylic acid groups (broad SMARTS) is 1. The number of aliphatic carboxylic acids is 1. The van der Waals surface area contributed by atoms with Crippen LogP contribution in [0.25, 0.3) is 5.65 Å². The van der Waals surface area contributed by atoms with Crippen LogP contribution in [0.1, 0.15) is 5.82 Å². The predicted molar refractivity (Wildman–Crippen MR) is 130 cm³/mol. The summed E-state index contributed by atoms with van der Waals surface area (Å²) in [5, 5.41) is 20.9. The van der Waals surface area contributed by atoms with E-state index in [1.165, 1.54) is 22.5 Å². The molecule has 5 rings (SSSR count). The lowest BCUT2D eigenvalue weighted by Gasteiger charge is -2.50. The van der Waals surface area contributed by atoms with Crippen LogP contribution in [0.4, 0.5) is 24.1 Å². The van der Waals surface area contributed by atoms with Crippen molar-refractivity contribution in [3.05, 3.63) is 41.6 Å². The molecule has 1 fully saturated rings. The van der Waals surface area contributed by atoms with Crippen LogP contribution in [0.2, 0.25) is 0 Å². The Morgan fingerprint density at radius 1 is 1.35 bits per heavy atom. The summed E-state index contributed by atoms with van der Waals surface area (Å²) in [5.41, 5.74) is 11.3. The van der Waals surface area contributed by atoms with E-state index in [1.54, 1.807) is 22.9 Å². The van der Waals surface area contributed by atoms with E-state index in [0.717, 1.165) is 4.90 Å². The second-order valence-corrected chi connectivity index (χ2v) is 10.2. The van der Waals surface area contributed by atoms with Crippen LogP contribution in [0.15, 0.2) is 41.0 Å². The first kappa shape index (κ1) is 27.1. The fourth-order valence-corrected chi connectivity index (χ4v) is 5.85. The molecule has 15 nitrogen and oxygen atoms in total. The maximum absolute atomic E-state index is 13.0. The van der Waals surface area contributed by atoms with Crippen molar-refractivity contribution >= 4 is 63.4 Å². The van der Waals surface area contributed by atoms with E-state index in [0.29, 0.717) is 28.6 Å². The lowest BCUT2D eigenvalue weighted by molar-refractivity contribution is -0.662. The monoisotopic (exact) mass is 598 g/mol. The summed E-state index contributed by atoms with van der Waals surface area (Å²) in [6.45, 7) is -1.74. The molecule has 0 unspecified atom stereocenters. The second-order valence-electron chi connectivity index (χ2n) is 8.36. The van der Waals surface area contributed by atoms with Crippen molar-refractivity contribution in [2.75, 3.05) is 23.8 Å². The minimum absolute atomic E-state index is 0.0561. The largest absolute Gasteiger partial charge is 0.543 e. The van der Waals surface area contributed by atoms with E-state index in [9.17, 15) is 32.7 Å². The first-order valence-corrected chi connectivity index (χ1v) is 12.9. The SMILES string of the molecule is Nc1nc(/C(=N/OCC(F)(F)F)C(=O)N[C@@H]2C(=O)N3C(C(=O)[O-])=C(C[n+]4cc(N)n5ncccc54)CS[C@H]23)ns1. The molecule has 0 radical (unpaired) electrons. The molecule has 5 heterocycles. The van der Waals surface area contributed by atoms with Gasteiger partial charge < -0.3 is 31.5 Å². The first-order valence-electron chi connectivity index (χ1n) is 11.1. The molecule has 2 aliphatic rings. The second kappa shape index (κ2) is 10.3. The highest BCUT2D eigenvalue weighted by atomic mass is 32.2. The minimum Gasteiger partial charge on any atom is -0.543 e. The van der Waals surface area contributed by atoms with E-state index in [2.05, 4.69) is 29.8 Å². The molecule has 5 N–H and O–H groups in total. The summed E-state index contributed by atoms with van der Waals surface area (Å²) in [7, 11) is 0. The van der Waals surface area contributed by atoms with Crippen LogP contribution in [0, 0.1) is 0 Å². The molecule has 0 aromatic carbocycles. The molecule has 3 aromatic heterocycles. The van der Waals surface area contributed by atoms with E-state index in [4.69, 9.17) is 11.5 Å². The summed E-state index contributed by atoms with van der Waals surface area (Å²) in [6, 6.07) is 2.17. The number of fused-ring (bicyclic) bond motifs is 2. The van der Waals surface area contributed by atoms with Crippen LogP contribution in [0.3, 0.4) is 0 Å². The number of oxime groups is 1. The molecule has 20 heteroatoms. The van der Waals surface area contributed by atoms with Gasteiger partial charge in [-0.1, -0.05) is 14.8 Å². The molecular weight excluding hydrogens is 581 g/mol. The standard InChI is InChI=1S/C20H17F3N10O5S2/c21-20(22,23)7-38-29-11(14-28-19(25)40-30-14)15(34)27-12-16(35)32-13(18(36)37)8(6-39-17(12)32)4-31-5-9(24)33-10(31)2-1-3-26-33/h1-3,5,12,17H,4,6-7H2,(H5-,24,25,26,27,28,30,34,36,37)/b29-11-/t12-,17-/m1/s1. The summed E-state index contributed by atoms with van der Waals surface area (Å²) in [6.07, 6.45) is -1.63. The molecule has 2 amide bonds. The Balaban J connectivity index is 1.36. The van der Waals surface area contributed by atoms with Crippen LogP contribution in [-0.4, -0.2) is 77.3 Å². The molecule has 0 aliphatic carbocycles. The fraction of sp³-hybridized carbons (Fsp3) is 0.300. The van der Waals surface area contributed by atoms with Crippen LogP contribution in [-0.2, 0) is 25.8 Å². The van der Waals surface area contributed by atoms with Crippen molar-refractivity contribution in [3.63, 3.8) is 0 Å². The smallest absolute Gasteiger partial charge is 0.425 e. The Kier molecular flexibility index (Phi) is 6.96. The third-order valence-electron chi connectivity index (χ3n) is 5.70. The number of aromatic nitrogens is 5. The Morgan fingerprint density at radius 2 is 2.12 bits per heavy atom. The van der Waals surface area contributed by atoms with Gasteiger partial charge in [-0.25, -0.2) is 4.57 Å². The van der Waals surface area contributed by atoms with Crippen molar-refractivity contribution in [3.8, 4) is 0 Å². The van der Waals surface area contributed by atoms with Crippen molar-refractivity contribution in [1.29, 1.82) is 0 Å². The van der Waals surface area contributed by atoms with Gasteiger partial charge >= 0.3 is 11.8 Å². The number of anilines is 2. The van der Waals surface area contributed by atoms with Crippen LogP contribution < -0.4 is 26.5 Å². The zero-order chi connectivity index (χ0) is 28.8. The summed E-state index contributed by atoms with van der Waals surface area (Å²) < 4.78 is 44.4. The molecule has 3 aromatic rings. The number of thioether (sulfide) groups is 1.